The zero-order valence-corrected chi connectivity index (χ0v) is 12.9. The number of aromatic carboxylic acids is 1. The average molecular weight is 343 g/mol. The molecule has 0 saturated carbocycles. The summed E-state index contributed by atoms with van der Waals surface area (Å²) in [5, 5.41) is 15.9. The molecule has 0 aliphatic heterocycles. The second-order valence-electron chi connectivity index (χ2n) is 4.81. The first-order chi connectivity index (χ1) is 11.5. The molecule has 0 unspecified atom stereocenters. The van der Waals surface area contributed by atoms with Gasteiger partial charge >= 0.3 is 5.97 Å². The van der Waals surface area contributed by atoms with Gasteiger partial charge in [-0.05, 0) is 30.3 Å². The van der Waals surface area contributed by atoms with E-state index in [-0.39, 0.29) is 16.6 Å². The molecular formula is C16H11ClN4O3. The summed E-state index contributed by atoms with van der Waals surface area (Å²) in [6, 6.07) is 9.76. The summed E-state index contributed by atoms with van der Waals surface area (Å²) in [5.74, 6) is -1.48. The number of hydrogen-bond acceptors (Lipinski definition) is 4. The number of rotatable bonds is 4. The van der Waals surface area contributed by atoms with E-state index >= 15 is 0 Å². The molecule has 1 amide bonds. The molecule has 2 N–H and O–H groups in total. The summed E-state index contributed by atoms with van der Waals surface area (Å²) in [7, 11) is 0. The van der Waals surface area contributed by atoms with Gasteiger partial charge in [0, 0.05) is 24.3 Å². The van der Waals surface area contributed by atoms with Gasteiger partial charge < -0.3 is 10.4 Å². The fourth-order valence-electron chi connectivity index (χ4n) is 2.07. The number of carboxylic acid groups (broad SMARTS) is 1. The average Bonchev–Trinajstić information content (AvgIpc) is 3.06. The monoisotopic (exact) mass is 342 g/mol. The first kappa shape index (κ1) is 15.7. The zero-order chi connectivity index (χ0) is 17.1. The van der Waals surface area contributed by atoms with Crippen molar-refractivity contribution in [2.75, 3.05) is 5.32 Å². The first-order valence-corrected chi connectivity index (χ1v) is 7.22. The van der Waals surface area contributed by atoms with Crippen LogP contribution in [-0.4, -0.2) is 31.7 Å². The number of nitrogens with one attached hydrogen (secondary N) is 1. The highest BCUT2D eigenvalue weighted by Crippen LogP contribution is 2.18. The molecule has 3 aromatic rings. The quantitative estimate of drug-likeness (QED) is 0.759. The maximum atomic E-state index is 12.3. The topological polar surface area (TPSA) is 97.1 Å². The van der Waals surface area contributed by atoms with E-state index in [4.69, 9.17) is 16.7 Å². The third-order valence-corrected chi connectivity index (χ3v) is 3.50. The second-order valence-corrected chi connectivity index (χ2v) is 5.22. The number of aromatic nitrogens is 3. The van der Waals surface area contributed by atoms with Gasteiger partial charge in [0.1, 0.15) is 0 Å². The van der Waals surface area contributed by atoms with Gasteiger partial charge in [-0.1, -0.05) is 17.7 Å². The SMILES string of the molecule is O=C(O)c1ccn(-c2cccc(NC(=O)c3ccncc3Cl)c2)n1. The van der Waals surface area contributed by atoms with E-state index in [0.29, 0.717) is 16.9 Å². The van der Waals surface area contributed by atoms with Gasteiger partial charge in [0.2, 0.25) is 0 Å². The van der Waals surface area contributed by atoms with Crippen LogP contribution in [0.5, 0.6) is 0 Å². The molecule has 0 atom stereocenters. The van der Waals surface area contributed by atoms with Crippen molar-refractivity contribution < 1.29 is 14.7 Å². The van der Waals surface area contributed by atoms with Crippen LogP contribution >= 0.6 is 11.6 Å². The Kier molecular flexibility index (Phi) is 4.26. The maximum Gasteiger partial charge on any atom is 0.356 e. The predicted octanol–water partition coefficient (Wildman–Crippen LogP) is 2.87. The molecule has 2 aromatic heterocycles. The number of pyridine rings is 1. The van der Waals surface area contributed by atoms with Crippen molar-refractivity contribution in [2.45, 2.75) is 0 Å². The highest BCUT2D eigenvalue weighted by Gasteiger charge is 2.11. The molecule has 0 radical (unpaired) electrons. The van der Waals surface area contributed by atoms with Crippen molar-refractivity contribution in [1.29, 1.82) is 0 Å². The Hall–Kier alpha value is -3.19. The summed E-state index contributed by atoms with van der Waals surface area (Å²) >= 11 is 5.95. The summed E-state index contributed by atoms with van der Waals surface area (Å²) in [4.78, 5) is 27.0. The van der Waals surface area contributed by atoms with Gasteiger partial charge in [0.05, 0.1) is 16.3 Å². The normalized spacial score (nSPS) is 10.4. The number of carboxylic acids is 1. The highest BCUT2D eigenvalue weighted by atomic mass is 35.5. The number of carbonyl (C=O) groups excluding carboxylic acids is 1. The third kappa shape index (κ3) is 3.26. The molecule has 24 heavy (non-hydrogen) atoms. The van der Waals surface area contributed by atoms with Crippen LogP contribution in [0.3, 0.4) is 0 Å². The molecule has 1 aromatic carbocycles. The Morgan fingerprint density at radius 3 is 2.75 bits per heavy atom. The van der Waals surface area contributed by atoms with Gasteiger partial charge in [-0.2, -0.15) is 5.10 Å². The van der Waals surface area contributed by atoms with Crippen molar-refractivity contribution in [3.05, 3.63) is 71.3 Å². The van der Waals surface area contributed by atoms with Crippen LogP contribution in [0.1, 0.15) is 20.8 Å². The Morgan fingerprint density at radius 2 is 2.04 bits per heavy atom. The molecule has 120 valence electrons. The lowest BCUT2D eigenvalue weighted by atomic mass is 10.2. The Morgan fingerprint density at radius 1 is 1.21 bits per heavy atom. The summed E-state index contributed by atoms with van der Waals surface area (Å²) in [6.07, 6.45) is 4.41. The molecule has 0 aliphatic rings. The van der Waals surface area contributed by atoms with E-state index in [0.717, 1.165) is 0 Å². The van der Waals surface area contributed by atoms with Gasteiger partial charge in [0.15, 0.2) is 5.69 Å². The maximum absolute atomic E-state index is 12.3. The van der Waals surface area contributed by atoms with E-state index in [9.17, 15) is 9.59 Å². The zero-order valence-electron chi connectivity index (χ0n) is 12.2. The number of anilines is 1. The molecule has 0 bridgehead atoms. The van der Waals surface area contributed by atoms with Crippen LogP contribution in [0.15, 0.2) is 55.0 Å². The number of benzene rings is 1. The largest absolute Gasteiger partial charge is 0.476 e. The van der Waals surface area contributed by atoms with E-state index in [2.05, 4.69) is 15.4 Å². The minimum absolute atomic E-state index is 0.0620. The lowest BCUT2D eigenvalue weighted by Crippen LogP contribution is -2.13. The molecular weight excluding hydrogens is 332 g/mol. The van der Waals surface area contributed by atoms with Crippen LogP contribution in [0, 0.1) is 0 Å². The Balaban J connectivity index is 1.84. The second kappa shape index (κ2) is 6.51. The van der Waals surface area contributed by atoms with Crippen molar-refractivity contribution in [3.63, 3.8) is 0 Å². The predicted molar refractivity (Wildman–Crippen MR) is 87.7 cm³/mol. The van der Waals surface area contributed by atoms with Crippen LogP contribution in [0.4, 0.5) is 5.69 Å². The van der Waals surface area contributed by atoms with Gasteiger partial charge in [0.25, 0.3) is 5.91 Å². The van der Waals surface area contributed by atoms with E-state index < -0.39 is 5.97 Å². The smallest absolute Gasteiger partial charge is 0.356 e. The lowest BCUT2D eigenvalue weighted by molar-refractivity contribution is 0.0689. The molecule has 0 spiro atoms. The Bertz CT molecular complexity index is 923. The molecule has 8 heteroatoms. The number of amides is 1. The summed E-state index contributed by atoms with van der Waals surface area (Å²) < 4.78 is 1.42. The molecule has 2 heterocycles. The standard InChI is InChI=1S/C16H11ClN4O3/c17-13-9-18-6-4-12(13)15(22)19-10-2-1-3-11(8-10)21-7-5-14(20-21)16(23)24/h1-9H,(H,19,22)(H,23,24). The number of hydrogen-bond donors (Lipinski definition) is 2. The highest BCUT2D eigenvalue weighted by molar-refractivity contribution is 6.34. The summed E-state index contributed by atoms with van der Waals surface area (Å²) in [6.45, 7) is 0. The van der Waals surface area contributed by atoms with Gasteiger partial charge in [-0.15, -0.1) is 0 Å². The molecule has 0 aliphatic carbocycles. The number of carbonyl (C=O) groups is 2. The fourth-order valence-corrected chi connectivity index (χ4v) is 2.27. The molecule has 7 nitrogen and oxygen atoms in total. The van der Waals surface area contributed by atoms with Crippen LogP contribution in [0.2, 0.25) is 5.02 Å². The van der Waals surface area contributed by atoms with Crippen LogP contribution in [0.25, 0.3) is 5.69 Å². The minimum atomic E-state index is -1.11. The lowest BCUT2D eigenvalue weighted by Gasteiger charge is -2.08. The van der Waals surface area contributed by atoms with E-state index in [1.807, 2.05) is 0 Å². The van der Waals surface area contributed by atoms with E-state index in [1.54, 1.807) is 24.3 Å². The third-order valence-electron chi connectivity index (χ3n) is 3.19. The molecule has 3 rings (SSSR count). The number of halogens is 1. The Labute approximate surface area is 141 Å². The summed E-state index contributed by atoms with van der Waals surface area (Å²) in [5.41, 5.74) is 1.39. The van der Waals surface area contributed by atoms with Crippen LogP contribution in [-0.2, 0) is 0 Å². The van der Waals surface area contributed by atoms with E-state index in [1.165, 1.54) is 35.4 Å². The fraction of sp³-hybridized carbons (Fsp3) is 0. The van der Waals surface area contributed by atoms with Crippen LogP contribution < -0.4 is 5.32 Å². The minimum Gasteiger partial charge on any atom is -0.476 e. The first-order valence-electron chi connectivity index (χ1n) is 6.85. The molecule has 0 saturated heterocycles. The number of nitrogens with zero attached hydrogens (tertiary/aromatic N) is 3. The van der Waals surface area contributed by atoms with Crippen molar-refractivity contribution in [2.24, 2.45) is 0 Å². The van der Waals surface area contributed by atoms with Crippen molar-refractivity contribution in [1.82, 2.24) is 14.8 Å². The van der Waals surface area contributed by atoms with Crippen molar-refractivity contribution in [3.8, 4) is 5.69 Å². The van der Waals surface area contributed by atoms with Crippen molar-refractivity contribution >= 4 is 29.2 Å². The van der Waals surface area contributed by atoms with Gasteiger partial charge in [-0.25, -0.2) is 9.48 Å². The molecule has 0 fully saturated rings. The van der Waals surface area contributed by atoms with Gasteiger partial charge in [-0.3, -0.25) is 9.78 Å².